The van der Waals surface area contributed by atoms with Crippen molar-refractivity contribution in [2.75, 3.05) is 0 Å². The molecule has 2 aromatic rings. The number of halogens is 1. The summed E-state index contributed by atoms with van der Waals surface area (Å²) in [7, 11) is 0. The van der Waals surface area contributed by atoms with Crippen LogP contribution in [0.1, 0.15) is 15.9 Å². The molecule has 3 rings (SSSR count). The van der Waals surface area contributed by atoms with Gasteiger partial charge in [-0.15, -0.1) is 0 Å². The standard InChI is InChI=1S/C17H11FN2O3S2/c18-13-4-2-1-3-11(13)9-14-16(23)20(17(24)25-14)19-15(22)10-5-7-12(21)8-6-10/h1-9,21H,(H,19,22)/b14-9-. The highest BCUT2D eigenvalue weighted by Gasteiger charge is 2.33. The van der Waals surface area contributed by atoms with Crippen molar-refractivity contribution in [2.24, 2.45) is 0 Å². The molecule has 1 heterocycles. The van der Waals surface area contributed by atoms with Crippen molar-refractivity contribution < 1.29 is 19.1 Å². The molecule has 2 N–H and O–H groups in total. The Labute approximate surface area is 152 Å². The van der Waals surface area contributed by atoms with Gasteiger partial charge in [-0.1, -0.05) is 30.0 Å². The molecule has 0 saturated carbocycles. The summed E-state index contributed by atoms with van der Waals surface area (Å²) in [6, 6.07) is 11.6. The number of carbonyl (C=O) groups is 2. The van der Waals surface area contributed by atoms with Crippen molar-refractivity contribution in [1.82, 2.24) is 10.4 Å². The van der Waals surface area contributed by atoms with E-state index in [0.29, 0.717) is 0 Å². The zero-order valence-electron chi connectivity index (χ0n) is 12.6. The van der Waals surface area contributed by atoms with Gasteiger partial charge in [-0.3, -0.25) is 15.0 Å². The van der Waals surface area contributed by atoms with Crippen molar-refractivity contribution in [2.45, 2.75) is 0 Å². The lowest BCUT2D eigenvalue weighted by Crippen LogP contribution is -2.44. The first-order chi connectivity index (χ1) is 12.0. The predicted octanol–water partition coefficient (Wildman–Crippen LogP) is 3.08. The van der Waals surface area contributed by atoms with Crippen LogP contribution in [-0.2, 0) is 4.79 Å². The molecule has 0 bridgehead atoms. The van der Waals surface area contributed by atoms with Crippen LogP contribution in [-0.4, -0.2) is 26.3 Å². The lowest BCUT2D eigenvalue weighted by atomic mass is 10.2. The first-order valence-corrected chi connectivity index (χ1v) is 8.30. The molecule has 1 fully saturated rings. The number of phenolic OH excluding ortho intramolecular Hbond substituents is 1. The van der Waals surface area contributed by atoms with Gasteiger partial charge in [-0.05, 0) is 48.6 Å². The van der Waals surface area contributed by atoms with Crippen LogP contribution in [0.3, 0.4) is 0 Å². The van der Waals surface area contributed by atoms with Crippen LogP contribution in [0, 0.1) is 5.82 Å². The zero-order chi connectivity index (χ0) is 18.0. The molecule has 0 aliphatic carbocycles. The van der Waals surface area contributed by atoms with E-state index in [1.807, 2.05) is 0 Å². The molecule has 126 valence electrons. The number of benzene rings is 2. The summed E-state index contributed by atoms with van der Waals surface area (Å²) in [4.78, 5) is 24.8. The number of nitrogens with zero attached hydrogens (tertiary/aromatic N) is 1. The lowest BCUT2D eigenvalue weighted by Gasteiger charge is -2.15. The Bertz CT molecular complexity index is 897. The maximum atomic E-state index is 13.7. The number of hydrogen-bond donors (Lipinski definition) is 2. The second-order valence-corrected chi connectivity index (χ2v) is 6.70. The average molecular weight is 374 g/mol. The smallest absolute Gasteiger partial charge is 0.285 e. The van der Waals surface area contributed by atoms with Crippen LogP contribution in [0.15, 0.2) is 53.4 Å². The Morgan fingerprint density at radius 2 is 1.88 bits per heavy atom. The summed E-state index contributed by atoms with van der Waals surface area (Å²) < 4.78 is 13.9. The van der Waals surface area contributed by atoms with Gasteiger partial charge in [-0.2, -0.15) is 5.01 Å². The molecule has 5 nitrogen and oxygen atoms in total. The van der Waals surface area contributed by atoms with Gasteiger partial charge < -0.3 is 5.11 Å². The van der Waals surface area contributed by atoms with Gasteiger partial charge in [0.25, 0.3) is 11.8 Å². The minimum Gasteiger partial charge on any atom is -0.508 e. The number of phenols is 1. The molecule has 1 aliphatic rings. The van der Waals surface area contributed by atoms with Crippen molar-refractivity contribution in [1.29, 1.82) is 0 Å². The van der Waals surface area contributed by atoms with E-state index in [1.54, 1.807) is 12.1 Å². The second-order valence-electron chi connectivity index (χ2n) is 5.03. The van der Waals surface area contributed by atoms with E-state index in [0.717, 1.165) is 16.8 Å². The number of hydrazine groups is 1. The van der Waals surface area contributed by atoms with Gasteiger partial charge in [-0.25, -0.2) is 4.39 Å². The summed E-state index contributed by atoms with van der Waals surface area (Å²) in [6.45, 7) is 0. The van der Waals surface area contributed by atoms with Gasteiger partial charge >= 0.3 is 0 Å². The molecule has 2 aromatic carbocycles. The third-order valence-electron chi connectivity index (χ3n) is 3.33. The van der Waals surface area contributed by atoms with E-state index in [9.17, 15) is 19.1 Å². The van der Waals surface area contributed by atoms with Crippen LogP contribution >= 0.6 is 24.0 Å². The summed E-state index contributed by atoms with van der Waals surface area (Å²) in [6.07, 6.45) is 1.39. The first kappa shape index (κ1) is 17.1. The van der Waals surface area contributed by atoms with Crippen LogP contribution in [0.5, 0.6) is 5.75 Å². The van der Waals surface area contributed by atoms with Crippen molar-refractivity contribution in [3.8, 4) is 5.75 Å². The van der Waals surface area contributed by atoms with E-state index in [-0.39, 0.29) is 26.1 Å². The molecule has 0 atom stereocenters. The third-order valence-corrected chi connectivity index (χ3v) is 4.63. The van der Waals surface area contributed by atoms with Crippen molar-refractivity contribution in [3.05, 3.63) is 70.4 Å². The van der Waals surface area contributed by atoms with E-state index in [2.05, 4.69) is 5.43 Å². The molecule has 0 aromatic heterocycles. The largest absolute Gasteiger partial charge is 0.508 e. The molecule has 1 saturated heterocycles. The first-order valence-electron chi connectivity index (χ1n) is 7.08. The number of carbonyl (C=O) groups excluding carboxylic acids is 2. The summed E-state index contributed by atoms with van der Waals surface area (Å²) in [5.74, 6) is -1.52. The van der Waals surface area contributed by atoms with E-state index in [4.69, 9.17) is 12.2 Å². The van der Waals surface area contributed by atoms with Gasteiger partial charge in [0.15, 0.2) is 4.32 Å². The average Bonchev–Trinajstić information content (AvgIpc) is 2.85. The van der Waals surface area contributed by atoms with Gasteiger partial charge in [0, 0.05) is 11.1 Å². The Morgan fingerprint density at radius 3 is 2.56 bits per heavy atom. The monoisotopic (exact) mass is 374 g/mol. The quantitative estimate of drug-likeness (QED) is 0.638. The fraction of sp³-hybridized carbons (Fsp3) is 0. The Morgan fingerprint density at radius 1 is 1.20 bits per heavy atom. The normalized spacial score (nSPS) is 15.7. The number of rotatable bonds is 3. The number of thioether (sulfide) groups is 1. The van der Waals surface area contributed by atoms with E-state index < -0.39 is 17.6 Å². The molecular formula is C17H11FN2O3S2. The SMILES string of the molecule is O=C(NN1C(=O)/C(=C/c2ccccc2F)SC1=S)c1ccc(O)cc1. The van der Waals surface area contributed by atoms with Crippen LogP contribution in [0.25, 0.3) is 6.08 Å². The summed E-state index contributed by atoms with van der Waals surface area (Å²) in [5.41, 5.74) is 2.92. The fourth-order valence-corrected chi connectivity index (χ4v) is 3.25. The highest BCUT2D eigenvalue weighted by molar-refractivity contribution is 8.26. The van der Waals surface area contributed by atoms with E-state index in [1.165, 1.54) is 42.5 Å². The Hall–Kier alpha value is -2.71. The summed E-state index contributed by atoms with van der Waals surface area (Å²) >= 11 is 6.08. The molecule has 8 heteroatoms. The molecule has 25 heavy (non-hydrogen) atoms. The Kier molecular flexibility index (Phi) is 4.82. The number of aromatic hydroxyl groups is 1. The number of nitrogens with one attached hydrogen (secondary N) is 1. The zero-order valence-corrected chi connectivity index (χ0v) is 14.2. The molecular weight excluding hydrogens is 363 g/mol. The summed E-state index contributed by atoms with van der Waals surface area (Å²) in [5, 5.41) is 10.2. The fourth-order valence-electron chi connectivity index (χ4n) is 2.08. The molecule has 0 unspecified atom stereocenters. The number of thiocarbonyl (C=S) groups is 1. The topological polar surface area (TPSA) is 69.6 Å². The molecule has 2 amide bonds. The van der Waals surface area contributed by atoms with Gasteiger partial charge in [0.2, 0.25) is 0 Å². The molecule has 0 radical (unpaired) electrons. The maximum Gasteiger partial charge on any atom is 0.285 e. The highest BCUT2D eigenvalue weighted by atomic mass is 32.2. The van der Waals surface area contributed by atoms with Gasteiger partial charge in [0.1, 0.15) is 11.6 Å². The third kappa shape index (κ3) is 3.70. The van der Waals surface area contributed by atoms with Crippen molar-refractivity contribution >= 4 is 46.2 Å². The minimum absolute atomic E-state index is 0.0231. The van der Waals surface area contributed by atoms with Crippen molar-refractivity contribution in [3.63, 3.8) is 0 Å². The maximum absolute atomic E-state index is 13.7. The Balaban J connectivity index is 1.79. The van der Waals surface area contributed by atoms with Gasteiger partial charge in [0.05, 0.1) is 4.91 Å². The second kappa shape index (κ2) is 7.04. The lowest BCUT2D eigenvalue weighted by molar-refractivity contribution is -0.123. The van der Waals surface area contributed by atoms with Crippen LogP contribution in [0.4, 0.5) is 4.39 Å². The predicted molar refractivity (Wildman–Crippen MR) is 97.0 cm³/mol. The molecule has 0 spiro atoms. The minimum atomic E-state index is -0.552. The van der Waals surface area contributed by atoms with Crippen LogP contribution < -0.4 is 5.43 Å². The number of hydrogen-bond acceptors (Lipinski definition) is 5. The molecule has 1 aliphatic heterocycles. The number of amides is 2. The highest BCUT2D eigenvalue weighted by Crippen LogP contribution is 2.31. The van der Waals surface area contributed by atoms with Crippen LogP contribution in [0.2, 0.25) is 0 Å². The van der Waals surface area contributed by atoms with E-state index >= 15 is 0 Å².